The van der Waals surface area contributed by atoms with Gasteiger partial charge in [-0.05, 0) is 61.0 Å². The molecule has 2 aromatic carbocycles. The number of rotatable bonds is 8. The van der Waals surface area contributed by atoms with E-state index in [1.54, 1.807) is 37.6 Å². The fourth-order valence-corrected chi connectivity index (χ4v) is 1.85. The molecule has 0 radical (unpaired) electrons. The van der Waals surface area contributed by atoms with E-state index in [0.29, 0.717) is 12.4 Å². The molecule has 0 heterocycles. The van der Waals surface area contributed by atoms with Crippen molar-refractivity contribution >= 4 is 12.1 Å². The SMILES string of the molecule is CCOc1ccc(C=NNC(=O)COc2ccc(OC)cc2)cc1. The summed E-state index contributed by atoms with van der Waals surface area (Å²) in [5.41, 5.74) is 3.27. The van der Waals surface area contributed by atoms with E-state index in [9.17, 15) is 4.79 Å². The van der Waals surface area contributed by atoms with Crippen LogP contribution in [0.2, 0.25) is 0 Å². The number of hydrazone groups is 1. The van der Waals surface area contributed by atoms with E-state index in [-0.39, 0.29) is 12.5 Å². The number of carbonyl (C=O) groups excluding carboxylic acids is 1. The van der Waals surface area contributed by atoms with Crippen LogP contribution in [0.15, 0.2) is 53.6 Å². The van der Waals surface area contributed by atoms with Gasteiger partial charge in [0.1, 0.15) is 17.2 Å². The summed E-state index contributed by atoms with van der Waals surface area (Å²) in [5, 5.41) is 3.89. The molecule has 24 heavy (non-hydrogen) atoms. The maximum atomic E-state index is 11.7. The first kappa shape index (κ1) is 17.3. The van der Waals surface area contributed by atoms with Crippen molar-refractivity contribution in [1.82, 2.24) is 5.43 Å². The molecule has 0 aromatic heterocycles. The minimum atomic E-state index is -0.340. The highest BCUT2D eigenvalue weighted by molar-refractivity contribution is 5.83. The summed E-state index contributed by atoms with van der Waals surface area (Å²) in [6, 6.07) is 14.4. The Morgan fingerprint density at radius 3 is 2.21 bits per heavy atom. The van der Waals surface area contributed by atoms with Gasteiger partial charge in [-0.15, -0.1) is 0 Å². The second-order valence-corrected chi connectivity index (χ2v) is 4.76. The predicted octanol–water partition coefficient (Wildman–Crippen LogP) is 2.62. The molecule has 0 unspecified atom stereocenters. The maximum Gasteiger partial charge on any atom is 0.277 e. The first-order valence-corrected chi connectivity index (χ1v) is 7.53. The highest BCUT2D eigenvalue weighted by atomic mass is 16.5. The molecule has 0 atom stereocenters. The van der Waals surface area contributed by atoms with Crippen LogP contribution in [0.3, 0.4) is 0 Å². The smallest absolute Gasteiger partial charge is 0.277 e. The van der Waals surface area contributed by atoms with E-state index in [0.717, 1.165) is 17.1 Å². The van der Waals surface area contributed by atoms with Gasteiger partial charge in [0, 0.05) is 0 Å². The molecule has 2 aromatic rings. The normalized spacial score (nSPS) is 10.4. The van der Waals surface area contributed by atoms with Gasteiger partial charge in [0.05, 0.1) is 19.9 Å². The van der Waals surface area contributed by atoms with Crippen LogP contribution in [0, 0.1) is 0 Å². The minimum absolute atomic E-state index is 0.118. The molecule has 126 valence electrons. The molecule has 0 aliphatic carbocycles. The highest BCUT2D eigenvalue weighted by Crippen LogP contribution is 2.16. The van der Waals surface area contributed by atoms with Crippen molar-refractivity contribution in [1.29, 1.82) is 0 Å². The van der Waals surface area contributed by atoms with Crippen LogP contribution in [0.5, 0.6) is 17.2 Å². The molecular formula is C18H20N2O4. The van der Waals surface area contributed by atoms with E-state index >= 15 is 0 Å². The zero-order valence-corrected chi connectivity index (χ0v) is 13.7. The Kier molecular flexibility index (Phi) is 6.64. The summed E-state index contributed by atoms with van der Waals surface area (Å²) in [7, 11) is 1.59. The average molecular weight is 328 g/mol. The molecule has 1 N–H and O–H groups in total. The molecule has 6 nitrogen and oxygen atoms in total. The summed E-state index contributed by atoms with van der Waals surface area (Å²) in [6.45, 7) is 2.43. The third-order valence-corrected chi connectivity index (χ3v) is 3.02. The van der Waals surface area contributed by atoms with Gasteiger partial charge in [0.25, 0.3) is 5.91 Å². The average Bonchev–Trinajstić information content (AvgIpc) is 2.62. The van der Waals surface area contributed by atoms with Crippen LogP contribution < -0.4 is 19.6 Å². The number of carbonyl (C=O) groups is 1. The van der Waals surface area contributed by atoms with Gasteiger partial charge in [0.2, 0.25) is 0 Å². The van der Waals surface area contributed by atoms with Crippen molar-refractivity contribution < 1.29 is 19.0 Å². The monoisotopic (exact) mass is 328 g/mol. The molecular weight excluding hydrogens is 308 g/mol. The second-order valence-electron chi connectivity index (χ2n) is 4.76. The lowest BCUT2D eigenvalue weighted by Gasteiger charge is -2.06. The molecule has 0 saturated heterocycles. The van der Waals surface area contributed by atoms with Crippen molar-refractivity contribution in [3.63, 3.8) is 0 Å². The van der Waals surface area contributed by atoms with Crippen molar-refractivity contribution in [3.8, 4) is 17.2 Å². The summed E-state index contributed by atoms with van der Waals surface area (Å²) >= 11 is 0. The van der Waals surface area contributed by atoms with E-state index in [1.165, 1.54) is 0 Å². The Hall–Kier alpha value is -3.02. The van der Waals surface area contributed by atoms with Crippen molar-refractivity contribution in [2.75, 3.05) is 20.3 Å². The lowest BCUT2D eigenvalue weighted by atomic mass is 10.2. The van der Waals surface area contributed by atoms with Crippen LogP contribution in [-0.4, -0.2) is 32.4 Å². The molecule has 2 rings (SSSR count). The fourth-order valence-electron chi connectivity index (χ4n) is 1.85. The third-order valence-electron chi connectivity index (χ3n) is 3.02. The molecule has 6 heteroatoms. The lowest BCUT2D eigenvalue weighted by molar-refractivity contribution is -0.123. The third kappa shape index (κ3) is 5.64. The Bertz CT molecular complexity index is 666. The fraction of sp³-hybridized carbons (Fsp3) is 0.222. The summed E-state index contributed by atoms with van der Waals surface area (Å²) in [4.78, 5) is 11.7. The summed E-state index contributed by atoms with van der Waals surface area (Å²) in [6.07, 6.45) is 1.56. The van der Waals surface area contributed by atoms with Crippen LogP contribution in [0.1, 0.15) is 12.5 Å². The molecule has 0 fully saturated rings. The van der Waals surface area contributed by atoms with Gasteiger partial charge >= 0.3 is 0 Å². The standard InChI is InChI=1S/C18H20N2O4/c1-3-23-16-6-4-14(5-7-16)12-19-20-18(21)13-24-17-10-8-15(22-2)9-11-17/h4-12H,3,13H2,1-2H3,(H,20,21). The van der Waals surface area contributed by atoms with Crippen molar-refractivity contribution in [2.45, 2.75) is 6.92 Å². The topological polar surface area (TPSA) is 69.2 Å². The maximum absolute atomic E-state index is 11.7. The molecule has 0 saturated carbocycles. The van der Waals surface area contributed by atoms with E-state index in [4.69, 9.17) is 14.2 Å². The Balaban J connectivity index is 1.75. The van der Waals surface area contributed by atoms with Crippen molar-refractivity contribution in [3.05, 3.63) is 54.1 Å². The number of amides is 1. The van der Waals surface area contributed by atoms with Crippen LogP contribution in [0.4, 0.5) is 0 Å². The molecule has 0 bridgehead atoms. The molecule has 1 amide bonds. The number of ether oxygens (including phenoxy) is 3. The molecule has 0 spiro atoms. The zero-order valence-electron chi connectivity index (χ0n) is 13.7. The first-order chi connectivity index (χ1) is 11.7. The number of benzene rings is 2. The highest BCUT2D eigenvalue weighted by Gasteiger charge is 2.01. The van der Waals surface area contributed by atoms with E-state index in [2.05, 4.69) is 10.5 Å². The van der Waals surface area contributed by atoms with Crippen LogP contribution in [0.25, 0.3) is 0 Å². The first-order valence-electron chi connectivity index (χ1n) is 7.53. The Morgan fingerprint density at radius 2 is 1.58 bits per heavy atom. The van der Waals surface area contributed by atoms with Gasteiger partial charge in [-0.3, -0.25) is 4.79 Å². The largest absolute Gasteiger partial charge is 0.497 e. The van der Waals surface area contributed by atoms with Gasteiger partial charge in [-0.2, -0.15) is 5.10 Å². The van der Waals surface area contributed by atoms with Gasteiger partial charge in [-0.25, -0.2) is 5.43 Å². The zero-order chi connectivity index (χ0) is 17.2. The van der Waals surface area contributed by atoms with Gasteiger partial charge in [0.15, 0.2) is 6.61 Å². The number of nitrogens with zero attached hydrogens (tertiary/aromatic N) is 1. The molecule has 0 aliphatic rings. The van der Waals surface area contributed by atoms with Gasteiger partial charge in [-0.1, -0.05) is 0 Å². The number of nitrogens with one attached hydrogen (secondary N) is 1. The predicted molar refractivity (Wildman–Crippen MR) is 91.8 cm³/mol. The lowest BCUT2D eigenvalue weighted by Crippen LogP contribution is -2.24. The number of methoxy groups -OCH3 is 1. The number of hydrogen-bond donors (Lipinski definition) is 1. The van der Waals surface area contributed by atoms with Gasteiger partial charge < -0.3 is 14.2 Å². The Morgan fingerprint density at radius 1 is 1.00 bits per heavy atom. The minimum Gasteiger partial charge on any atom is -0.497 e. The van der Waals surface area contributed by atoms with E-state index < -0.39 is 0 Å². The summed E-state index contributed by atoms with van der Waals surface area (Å²) in [5.74, 6) is 1.77. The second kappa shape index (κ2) is 9.19. The van der Waals surface area contributed by atoms with Crippen LogP contribution in [-0.2, 0) is 4.79 Å². The Labute approximate surface area is 141 Å². The number of hydrogen-bond acceptors (Lipinski definition) is 5. The van der Waals surface area contributed by atoms with Crippen LogP contribution >= 0.6 is 0 Å². The van der Waals surface area contributed by atoms with Crippen molar-refractivity contribution in [2.24, 2.45) is 5.10 Å². The quantitative estimate of drug-likeness (QED) is 0.597. The molecule has 0 aliphatic heterocycles. The summed E-state index contributed by atoms with van der Waals surface area (Å²) < 4.78 is 15.8. The van der Waals surface area contributed by atoms with E-state index in [1.807, 2.05) is 31.2 Å².